The Morgan fingerprint density at radius 3 is 2.46 bits per heavy atom. The summed E-state index contributed by atoms with van der Waals surface area (Å²) in [5.74, 6) is 0.598. The maximum Gasteiger partial charge on any atom is 0.263 e. The summed E-state index contributed by atoms with van der Waals surface area (Å²) in [6.45, 7) is 5.70. The summed E-state index contributed by atoms with van der Waals surface area (Å²) in [4.78, 5) is 25.2. The average Bonchev–Trinajstić information content (AvgIpc) is 2.18. The van der Waals surface area contributed by atoms with E-state index in [-0.39, 0.29) is 11.1 Å². The van der Waals surface area contributed by atoms with E-state index < -0.39 is 0 Å². The zero-order valence-electron chi connectivity index (χ0n) is 8.37. The Bertz CT molecular complexity index is 342. The fourth-order valence-electron chi connectivity index (χ4n) is 0.726. The molecule has 0 spiro atoms. The highest BCUT2D eigenvalue weighted by Gasteiger charge is 2.01. The molecule has 0 N–H and O–H groups in total. The molecule has 1 aromatic rings. The molecule has 13 heavy (non-hydrogen) atoms. The summed E-state index contributed by atoms with van der Waals surface area (Å²) in [6.07, 6.45) is 1.79. The van der Waals surface area contributed by atoms with E-state index in [0.29, 0.717) is 12.1 Å². The first-order valence-corrected chi connectivity index (χ1v) is 4.14. The molecule has 0 atom stereocenters. The van der Waals surface area contributed by atoms with Gasteiger partial charge in [-0.2, -0.15) is 0 Å². The van der Waals surface area contributed by atoms with Crippen molar-refractivity contribution in [2.45, 2.75) is 20.8 Å². The van der Waals surface area contributed by atoms with Crippen LogP contribution in [0.5, 0.6) is 0 Å². The number of aryl methyl sites for hydroxylation is 1. The Morgan fingerprint density at radius 2 is 2.00 bits per heavy atom. The Balaban J connectivity index is 0.000000671. The van der Waals surface area contributed by atoms with Crippen LogP contribution in [0, 0.1) is 6.92 Å². The lowest BCUT2D eigenvalue weighted by Crippen LogP contribution is -2.23. The molecule has 4 heteroatoms. The van der Waals surface area contributed by atoms with Gasteiger partial charge in [-0.25, -0.2) is 4.98 Å². The second kappa shape index (κ2) is 5.24. The van der Waals surface area contributed by atoms with Crippen LogP contribution < -0.4 is 5.56 Å². The number of hydrogen-bond acceptors (Lipinski definition) is 3. The summed E-state index contributed by atoms with van der Waals surface area (Å²) in [5, 5.41) is 0. The van der Waals surface area contributed by atoms with Gasteiger partial charge in [-0.15, -0.1) is 0 Å². The van der Waals surface area contributed by atoms with Gasteiger partial charge in [-0.1, -0.05) is 13.8 Å². The van der Waals surface area contributed by atoms with Crippen LogP contribution in [0.4, 0.5) is 0 Å². The summed E-state index contributed by atoms with van der Waals surface area (Å²) >= 11 is 0. The van der Waals surface area contributed by atoms with Crippen LogP contribution in [0.25, 0.3) is 0 Å². The maximum absolute atomic E-state index is 11.1. The zero-order valence-corrected chi connectivity index (χ0v) is 8.37. The highest BCUT2D eigenvalue weighted by atomic mass is 16.1. The molecule has 72 valence electrons. The largest absolute Gasteiger partial charge is 0.299 e. The molecule has 0 aromatic carbocycles. The highest BCUT2D eigenvalue weighted by Crippen LogP contribution is 1.87. The van der Waals surface area contributed by atoms with Crippen molar-refractivity contribution in [2.24, 2.45) is 7.05 Å². The third-order valence-corrected chi connectivity index (χ3v) is 1.55. The molecule has 0 bridgehead atoms. The minimum absolute atomic E-state index is 0.0955. The van der Waals surface area contributed by atoms with E-state index in [0.717, 1.165) is 0 Å². The van der Waals surface area contributed by atoms with Crippen molar-refractivity contribution in [3.63, 3.8) is 0 Å². The van der Waals surface area contributed by atoms with E-state index >= 15 is 0 Å². The van der Waals surface area contributed by atoms with Crippen LogP contribution in [0.3, 0.4) is 0 Å². The normalized spacial score (nSPS) is 8.62. The van der Waals surface area contributed by atoms with Crippen LogP contribution in [0.1, 0.15) is 30.0 Å². The maximum atomic E-state index is 11.1. The van der Waals surface area contributed by atoms with Crippen molar-refractivity contribution in [2.75, 3.05) is 0 Å². The summed E-state index contributed by atoms with van der Waals surface area (Å²) in [7, 11) is 1.58. The fourth-order valence-corrected chi connectivity index (χ4v) is 0.726. The highest BCUT2D eigenvalue weighted by molar-refractivity contribution is 5.73. The molecule has 0 saturated carbocycles. The van der Waals surface area contributed by atoms with E-state index in [9.17, 15) is 9.59 Å². The van der Waals surface area contributed by atoms with E-state index in [2.05, 4.69) is 4.98 Å². The predicted molar refractivity (Wildman–Crippen MR) is 51.0 cm³/mol. The van der Waals surface area contributed by atoms with Gasteiger partial charge in [-0.3, -0.25) is 14.2 Å². The molecule has 0 saturated heterocycles. The summed E-state index contributed by atoms with van der Waals surface area (Å²) < 4.78 is 1.34. The number of carbonyl (C=O) groups is 1. The molecule has 0 aliphatic rings. The standard InChI is InChI=1S/C7H8N2O2.C2H6/c1-5-8-3-6(4-10)7(11)9(5)2;1-2/h3-4H,1-2H3;1-2H3. The monoisotopic (exact) mass is 182 g/mol. The quantitative estimate of drug-likeness (QED) is 0.607. The summed E-state index contributed by atoms with van der Waals surface area (Å²) in [5.41, 5.74) is -0.203. The Hall–Kier alpha value is -1.45. The minimum atomic E-state index is -0.299. The van der Waals surface area contributed by atoms with Gasteiger partial charge in [0.15, 0.2) is 6.29 Å². The minimum Gasteiger partial charge on any atom is -0.299 e. The predicted octanol–water partition coefficient (Wildman–Crippen LogP) is 0.927. The third kappa shape index (κ3) is 2.50. The number of carbonyl (C=O) groups excluding carboxylic acids is 1. The average molecular weight is 182 g/mol. The molecule has 0 aliphatic carbocycles. The lowest BCUT2D eigenvalue weighted by atomic mass is 10.3. The van der Waals surface area contributed by atoms with Crippen molar-refractivity contribution in [3.8, 4) is 0 Å². The Morgan fingerprint density at radius 1 is 1.46 bits per heavy atom. The van der Waals surface area contributed by atoms with Gasteiger partial charge < -0.3 is 0 Å². The SMILES string of the molecule is CC.Cc1ncc(C=O)c(=O)n1C. The number of nitrogens with zero attached hydrogens (tertiary/aromatic N) is 2. The van der Waals surface area contributed by atoms with E-state index in [1.54, 1.807) is 14.0 Å². The molecule has 1 aromatic heterocycles. The first kappa shape index (κ1) is 11.6. The van der Waals surface area contributed by atoms with Gasteiger partial charge in [0.2, 0.25) is 0 Å². The smallest absolute Gasteiger partial charge is 0.263 e. The molecule has 0 amide bonds. The van der Waals surface area contributed by atoms with E-state index in [1.165, 1.54) is 10.8 Å². The van der Waals surface area contributed by atoms with Crippen molar-refractivity contribution in [1.29, 1.82) is 0 Å². The van der Waals surface area contributed by atoms with E-state index in [4.69, 9.17) is 0 Å². The molecular weight excluding hydrogens is 168 g/mol. The van der Waals surface area contributed by atoms with Gasteiger partial charge in [0.05, 0.1) is 5.56 Å². The van der Waals surface area contributed by atoms with Gasteiger partial charge in [-0.05, 0) is 6.92 Å². The van der Waals surface area contributed by atoms with Gasteiger partial charge in [0, 0.05) is 13.2 Å². The molecule has 0 aliphatic heterocycles. The summed E-state index contributed by atoms with van der Waals surface area (Å²) in [6, 6.07) is 0. The molecule has 0 radical (unpaired) electrons. The first-order chi connectivity index (χ1) is 6.16. The Kier molecular flexibility index (Phi) is 4.66. The number of hydrogen-bond donors (Lipinski definition) is 0. The van der Waals surface area contributed by atoms with Crippen LogP contribution in [-0.4, -0.2) is 15.8 Å². The van der Waals surface area contributed by atoms with Gasteiger partial charge in [0.25, 0.3) is 5.56 Å². The number of aromatic nitrogens is 2. The molecule has 0 unspecified atom stereocenters. The molecule has 0 fully saturated rings. The molecular formula is C9H14N2O2. The van der Waals surface area contributed by atoms with Crippen molar-refractivity contribution < 1.29 is 4.79 Å². The zero-order chi connectivity index (χ0) is 10.4. The number of rotatable bonds is 1. The van der Waals surface area contributed by atoms with Crippen LogP contribution in [0.15, 0.2) is 11.0 Å². The van der Waals surface area contributed by atoms with Crippen molar-refractivity contribution in [3.05, 3.63) is 27.9 Å². The lowest BCUT2D eigenvalue weighted by molar-refractivity contribution is 0.112. The van der Waals surface area contributed by atoms with Crippen LogP contribution in [-0.2, 0) is 7.05 Å². The van der Waals surface area contributed by atoms with Gasteiger partial charge >= 0.3 is 0 Å². The Labute approximate surface area is 77.2 Å². The second-order valence-electron chi connectivity index (χ2n) is 2.24. The van der Waals surface area contributed by atoms with Gasteiger partial charge in [0.1, 0.15) is 5.82 Å². The van der Waals surface area contributed by atoms with Crippen molar-refractivity contribution >= 4 is 6.29 Å². The molecule has 4 nitrogen and oxygen atoms in total. The topological polar surface area (TPSA) is 52.0 Å². The van der Waals surface area contributed by atoms with Crippen LogP contribution in [0.2, 0.25) is 0 Å². The van der Waals surface area contributed by atoms with Crippen molar-refractivity contribution in [1.82, 2.24) is 9.55 Å². The van der Waals surface area contributed by atoms with E-state index in [1.807, 2.05) is 13.8 Å². The molecule has 1 heterocycles. The van der Waals surface area contributed by atoms with Crippen LogP contribution >= 0.6 is 0 Å². The second-order valence-corrected chi connectivity index (χ2v) is 2.24. The fraction of sp³-hybridized carbons (Fsp3) is 0.444. The first-order valence-electron chi connectivity index (χ1n) is 4.14. The number of aldehydes is 1. The molecule has 1 rings (SSSR count). The third-order valence-electron chi connectivity index (χ3n) is 1.55. The lowest BCUT2D eigenvalue weighted by Gasteiger charge is -2.00.